The maximum absolute atomic E-state index is 11.7. The molecule has 0 atom stereocenters. The molecule has 2 aromatic rings. The molecule has 5 heteroatoms. The number of imide groups is 1. The minimum Gasteiger partial charge on any atom is -0.419 e. The second-order valence-corrected chi connectivity index (χ2v) is 4.26. The first-order valence-electron chi connectivity index (χ1n) is 4.82. The molecule has 2 amide bonds. The van der Waals surface area contributed by atoms with Crippen LogP contribution in [-0.4, -0.2) is 12.0 Å². The fourth-order valence-corrected chi connectivity index (χ4v) is 2.31. The average Bonchev–Trinajstić information content (AvgIpc) is 2.72. The second-order valence-electron chi connectivity index (χ2n) is 3.17. The van der Waals surface area contributed by atoms with Crippen molar-refractivity contribution >= 4 is 33.4 Å². The van der Waals surface area contributed by atoms with Crippen LogP contribution in [0.2, 0.25) is 0 Å². The predicted molar refractivity (Wildman–Crippen MR) is 66.0 cm³/mol. The van der Waals surface area contributed by atoms with Crippen LogP contribution in [-0.2, 0) is 4.74 Å². The number of nitrogens with one attached hydrogen (secondary N) is 1. The monoisotopic (exact) mass is 247 g/mol. The Bertz CT molecular complexity index is 555. The molecule has 0 saturated heterocycles. The summed E-state index contributed by atoms with van der Waals surface area (Å²) < 4.78 is 5.40. The van der Waals surface area contributed by atoms with E-state index in [1.54, 1.807) is 6.07 Å². The highest BCUT2D eigenvalue weighted by molar-refractivity contribution is 7.20. The van der Waals surface area contributed by atoms with Gasteiger partial charge >= 0.3 is 6.09 Å². The molecule has 1 N–H and O–H groups in total. The minimum absolute atomic E-state index is 0.465. The smallest absolute Gasteiger partial charge is 0.418 e. The summed E-state index contributed by atoms with van der Waals surface area (Å²) >= 11 is 1.32. The van der Waals surface area contributed by atoms with Gasteiger partial charge in [-0.15, -0.1) is 11.3 Å². The number of carbonyl (C=O) groups is 2. The number of ether oxygens (including phenoxy) is 1. The molecule has 0 fully saturated rings. The summed E-state index contributed by atoms with van der Waals surface area (Å²) in [5.74, 6) is -0.474. The topological polar surface area (TPSA) is 55.4 Å². The number of amides is 2. The lowest BCUT2D eigenvalue weighted by Gasteiger charge is -1.99. The number of thiophene rings is 1. The van der Waals surface area contributed by atoms with Crippen LogP contribution < -0.4 is 5.32 Å². The molecule has 0 aliphatic rings. The fourth-order valence-electron chi connectivity index (χ4n) is 1.35. The number of carbonyl (C=O) groups excluding carboxylic acids is 2. The Morgan fingerprint density at radius 3 is 2.82 bits per heavy atom. The van der Waals surface area contributed by atoms with Gasteiger partial charge in [0.2, 0.25) is 0 Å². The highest BCUT2D eigenvalue weighted by Gasteiger charge is 2.13. The molecular weight excluding hydrogens is 238 g/mol. The summed E-state index contributed by atoms with van der Waals surface area (Å²) in [6.07, 6.45) is 0.135. The number of benzene rings is 1. The van der Waals surface area contributed by atoms with E-state index in [0.717, 1.165) is 16.3 Å². The van der Waals surface area contributed by atoms with E-state index in [1.165, 1.54) is 11.3 Å². The van der Waals surface area contributed by atoms with Crippen LogP contribution >= 0.6 is 11.3 Å². The molecule has 2 rings (SSSR count). The number of alkyl carbamates (subject to hydrolysis) is 1. The molecule has 0 aliphatic carbocycles. The first-order valence-corrected chi connectivity index (χ1v) is 5.64. The standard InChI is InChI=1S/C12H9NO3S/c1-2-16-12(15)13-11(14)10-7-8-5-3-4-6-9(8)17-10/h2-7H,1H2,(H,13,14,15). The molecule has 0 bridgehead atoms. The maximum Gasteiger partial charge on any atom is 0.418 e. The van der Waals surface area contributed by atoms with Crippen LogP contribution in [0.25, 0.3) is 10.1 Å². The molecule has 0 unspecified atom stereocenters. The molecule has 1 aromatic carbocycles. The molecule has 1 heterocycles. The molecule has 0 aliphatic heterocycles. The van der Waals surface area contributed by atoms with Gasteiger partial charge in [-0.2, -0.15) is 0 Å². The van der Waals surface area contributed by atoms with E-state index in [-0.39, 0.29) is 0 Å². The van der Waals surface area contributed by atoms with Gasteiger partial charge in [-0.1, -0.05) is 24.8 Å². The number of fused-ring (bicyclic) bond motifs is 1. The van der Waals surface area contributed by atoms with Crippen molar-refractivity contribution < 1.29 is 14.3 Å². The van der Waals surface area contributed by atoms with Gasteiger partial charge in [-0.25, -0.2) is 4.79 Å². The third-order valence-electron chi connectivity index (χ3n) is 2.06. The quantitative estimate of drug-likeness (QED) is 0.830. The van der Waals surface area contributed by atoms with Crippen molar-refractivity contribution in [1.82, 2.24) is 5.32 Å². The first kappa shape index (κ1) is 11.3. The predicted octanol–water partition coefficient (Wildman–Crippen LogP) is 2.91. The van der Waals surface area contributed by atoms with Gasteiger partial charge in [0, 0.05) is 4.70 Å². The Kier molecular flexibility index (Phi) is 3.20. The van der Waals surface area contributed by atoms with Gasteiger partial charge in [0.1, 0.15) is 0 Å². The summed E-state index contributed by atoms with van der Waals surface area (Å²) in [6.45, 7) is 3.22. The lowest BCUT2D eigenvalue weighted by Crippen LogP contribution is -2.29. The van der Waals surface area contributed by atoms with Crippen LogP contribution in [0.4, 0.5) is 4.79 Å². The fraction of sp³-hybridized carbons (Fsp3) is 0. The van der Waals surface area contributed by atoms with Crippen molar-refractivity contribution in [2.75, 3.05) is 0 Å². The van der Waals surface area contributed by atoms with E-state index >= 15 is 0 Å². The van der Waals surface area contributed by atoms with E-state index in [9.17, 15) is 9.59 Å². The van der Waals surface area contributed by atoms with Crippen molar-refractivity contribution in [3.05, 3.63) is 48.0 Å². The van der Waals surface area contributed by atoms with E-state index < -0.39 is 12.0 Å². The zero-order valence-corrected chi connectivity index (χ0v) is 9.62. The van der Waals surface area contributed by atoms with Crippen LogP contribution in [0.5, 0.6) is 0 Å². The zero-order chi connectivity index (χ0) is 12.3. The highest BCUT2D eigenvalue weighted by Crippen LogP contribution is 2.24. The van der Waals surface area contributed by atoms with E-state index in [1.807, 2.05) is 24.3 Å². The van der Waals surface area contributed by atoms with Gasteiger partial charge in [0.15, 0.2) is 0 Å². The third kappa shape index (κ3) is 2.51. The van der Waals surface area contributed by atoms with Crippen LogP contribution in [0.3, 0.4) is 0 Å². The number of hydrogen-bond acceptors (Lipinski definition) is 4. The highest BCUT2D eigenvalue weighted by atomic mass is 32.1. The largest absolute Gasteiger partial charge is 0.419 e. The second kappa shape index (κ2) is 4.80. The Morgan fingerprint density at radius 2 is 2.12 bits per heavy atom. The first-order chi connectivity index (χ1) is 8.20. The lowest BCUT2D eigenvalue weighted by atomic mass is 10.2. The van der Waals surface area contributed by atoms with Crippen molar-refractivity contribution in [3.8, 4) is 0 Å². The van der Waals surface area contributed by atoms with Gasteiger partial charge in [-0.05, 0) is 17.5 Å². The molecule has 0 spiro atoms. The number of hydrogen-bond donors (Lipinski definition) is 1. The van der Waals surface area contributed by atoms with Gasteiger partial charge < -0.3 is 4.74 Å². The summed E-state index contributed by atoms with van der Waals surface area (Å²) in [5.41, 5.74) is 0. The molecule has 4 nitrogen and oxygen atoms in total. The van der Waals surface area contributed by atoms with Crippen LogP contribution in [0, 0.1) is 0 Å². The van der Waals surface area contributed by atoms with E-state index in [0.29, 0.717) is 4.88 Å². The molecule has 86 valence electrons. The summed E-state index contributed by atoms with van der Waals surface area (Å²) in [5, 5.41) is 3.07. The minimum atomic E-state index is -0.831. The maximum atomic E-state index is 11.7. The molecule has 0 saturated carbocycles. The van der Waals surface area contributed by atoms with E-state index in [2.05, 4.69) is 16.6 Å². The molecule has 17 heavy (non-hydrogen) atoms. The lowest BCUT2D eigenvalue weighted by molar-refractivity contribution is 0.0948. The Morgan fingerprint density at radius 1 is 1.35 bits per heavy atom. The van der Waals surface area contributed by atoms with Crippen molar-refractivity contribution in [2.45, 2.75) is 0 Å². The van der Waals surface area contributed by atoms with Crippen molar-refractivity contribution in [3.63, 3.8) is 0 Å². The SMILES string of the molecule is C=COC(=O)NC(=O)c1cc2ccccc2s1. The molecule has 1 aromatic heterocycles. The molecule has 0 radical (unpaired) electrons. The Hall–Kier alpha value is -2.14. The normalized spacial score (nSPS) is 9.88. The Labute approximate surface area is 102 Å². The summed E-state index contributed by atoms with van der Waals surface area (Å²) in [4.78, 5) is 23.1. The summed E-state index contributed by atoms with van der Waals surface area (Å²) in [6, 6.07) is 9.34. The van der Waals surface area contributed by atoms with Gasteiger partial charge in [-0.3, -0.25) is 10.1 Å². The molecular formula is C12H9NO3S. The van der Waals surface area contributed by atoms with Crippen molar-refractivity contribution in [1.29, 1.82) is 0 Å². The van der Waals surface area contributed by atoms with Crippen LogP contribution in [0.1, 0.15) is 9.67 Å². The van der Waals surface area contributed by atoms with Crippen molar-refractivity contribution in [2.24, 2.45) is 0 Å². The Balaban J connectivity index is 2.19. The third-order valence-corrected chi connectivity index (χ3v) is 3.17. The van der Waals surface area contributed by atoms with Gasteiger partial charge in [0.05, 0.1) is 11.1 Å². The van der Waals surface area contributed by atoms with E-state index in [4.69, 9.17) is 0 Å². The average molecular weight is 247 g/mol. The zero-order valence-electron chi connectivity index (χ0n) is 8.80. The summed E-state index contributed by atoms with van der Waals surface area (Å²) in [7, 11) is 0. The van der Waals surface area contributed by atoms with Crippen LogP contribution in [0.15, 0.2) is 43.2 Å². The number of rotatable bonds is 2. The van der Waals surface area contributed by atoms with Gasteiger partial charge in [0.25, 0.3) is 5.91 Å².